The minimum Gasteiger partial charge on any atom is -0.338 e. The normalized spacial score (nSPS) is 16.0. The minimum absolute atomic E-state index is 0.161. The molecular formula is C26H27FN4O2. The van der Waals surface area contributed by atoms with Gasteiger partial charge in [-0.2, -0.15) is 0 Å². The Bertz CT molecular complexity index is 1150. The van der Waals surface area contributed by atoms with Gasteiger partial charge in [0.2, 0.25) is 5.91 Å². The Hall–Kier alpha value is -3.61. The van der Waals surface area contributed by atoms with Gasteiger partial charge < -0.3 is 10.2 Å². The molecule has 1 saturated heterocycles. The zero-order valence-electron chi connectivity index (χ0n) is 18.8. The zero-order chi connectivity index (χ0) is 23.4. The van der Waals surface area contributed by atoms with Gasteiger partial charge >= 0.3 is 0 Å². The van der Waals surface area contributed by atoms with Crippen molar-refractivity contribution >= 4 is 11.8 Å². The molecule has 0 aliphatic carbocycles. The molecule has 1 atom stereocenters. The Balaban J connectivity index is 1.50. The SMILES string of the molecule is CC(C)(NC(=O)c1ccccc1)C(=O)N1CCCC1c1cncc(Cc2cccc(F)c2)n1. The van der Waals surface area contributed by atoms with E-state index >= 15 is 0 Å². The molecule has 170 valence electrons. The molecule has 2 aromatic carbocycles. The van der Waals surface area contributed by atoms with E-state index in [0.29, 0.717) is 29.9 Å². The number of likely N-dealkylation sites (tertiary alicyclic amines) is 1. The summed E-state index contributed by atoms with van der Waals surface area (Å²) in [4.78, 5) is 36.9. The number of hydrogen-bond acceptors (Lipinski definition) is 4. The van der Waals surface area contributed by atoms with Gasteiger partial charge in [-0.15, -0.1) is 0 Å². The van der Waals surface area contributed by atoms with Gasteiger partial charge in [0, 0.05) is 24.7 Å². The number of carbonyl (C=O) groups excluding carboxylic acids is 2. The molecular weight excluding hydrogens is 419 g/mol. The van der Waals surface area contributed by atoms with Gasteiger partial charge in [-0.3, -0.25) is 19.6 Å². The van der Waals surface area contributed by atoms with Crippen LogP contribution in [-0.4, -0.2) is 38.8 Å². The Morgan fingerprint density at radius 3 is 2.67 bits per heavy atom. The second-order valence-corrected chi connectivity index (χ2v) is 8.84. The van der Waals surface area contributed by atoms with Crippen molar-refractivity contribution in [1.29, 1.82) is 0 Å². The van der Waals surface area contributed by atoms with Gasteiger partial charge in [0.1, 0.15) is 11.4 Å². The smallest absolute Gasteiger partial charge is 0.252 e. The molecule has 2 amide bonds. The summed E-state index contributed by atoms with van der Waals surface area (Å²) in [5, 5.41) is 2.87. The van der Waals surface area contributed by atoms with Crippen molar-refractivity contribution in [2.45, 2.75) is 44.7 Å². The first-order valence-electron chi connectivity index (χ1n) is 11.1. The van der Waals surface area contributed by atoms with E-state index in [1.807, 2.05) is 12.1 Å². The molecule has 0 bridgehead atoms. The van der Waals surface area contributed by atoms with Crippen molar-refractivity contribution in [2.75, 3.05) is 6.54 Å². The predicted octanol–water partition coefficient (Wildman–Crippen LogP) is 4.08. The van der Waals surface area contributed by atoms with Crippen molar-refractivity contribution in [3.8, 4) is 0 Å². The Morgan fingerprint density at radius 2 is 1.91 bits per heavy atom. The molecule has 33 heavy (non-hydrogen) atoms. The first-order chi connectivity index (χ1) is 15.8. The molecule has 1 unspecified atom stereocenters. The number of amides is 2. The largest absolute Gasteiger partial charge is 0.338 e. The number of aromatic nitrogens is 2. The van der Waals surface area contributed by atoms with Crippen LogP contribution in [0.25, 0.3) is 0 Å². The Morgan fingerprint density at radius 1 is 1.12 bits per heavy atom. The monoisotopic (exact) mass is 446 g/mol. The first-order valence-corrected chi connectivity index (χ1v) is 11.1. The standard InChI is InChI=1S/C26H27FN4O2/c1-26(2,30-24(32)19-9-4-3-5-10-19)25(33)31-13-7-12-23(31)22-17-28-16-21(29-22)15-18-8-6-11-20(27)14-18/h3-6,8-11,14,16-17,23H,7,12-13,15H2,1-2H3,(H,30,32). The molecule has 4 rings (SSSR count). The van der Waals surface area contributed by atoms with Crippen LogP contribution in [0.4, 0.5) is 4.39 Å². The number of nitrogens with zero attached hydrogens (tertiary/aromatic N) is 3. The summed E-state index contributed by atoms with van der Waals surface area (Å²) in [6.45, 7) is 4.03. The van der Waals surface area contributed by atoms with Gasteiger partial charge in [-0.25, -0.2) is 4.39 Å². The summed E-state index contributed by atoms with van der Waals surface area (Å²) in [7, 11) is 0. The van der Waals surface area contributed by atoms with E-state index < -0.39 is 5.54 Å². The molecule has 6 nitrogen and oxygen atoms in total. The van der Waals surface area contributed by atoms with Crippen LogP contribution in [0, 0.1) is 5.82 Å². The molecule has 1 N–H and O–H groups in total. The van der Waals surface area contributed by atoms with E-state index in [1.165, 1.54) is 12.1 Å². The summed E-state index contributed by atoms with van der Waals surface area (Å²) >= 11 is 0. The number of nitrogens with one attached hydrogen (secondary N) is 1. The van der Waals surface area contributed by atoms with Crippen molar-refractivity contribution in [3.63, 3.8) is 0 Å². The lowest BCUT2D eigenvalue weighted by Crippen LogP contribution is -2.55. The quantitative estimate of drug-likeness (QED) is 0.619. The van der Waals surface area contributed by atoms with Crippen LogP contribution < -0.4 is 5.32 Å². The van der Waals surface area contributed by atoms with Crippen LogP contribution >= 0.6 is 0 Å². The Labute approximate surface area is 192 Å². The maximum atomic E-state index is 13.5. The van der Waals surface area contributed by atoms with E-state index in [9.17, 15) is 14.0 Å². The van der Waals surface area contributed by atoms with Crippen LogP contribution in [0.15, 0.2) is 67.0 Å². The number of halogens is 1. The minimum atomic E-state index is -1.08. The molecule has 0 saturated carbocycles. The van der Waals surface area contributed by atoms with Crippen molar-refractivity contribution in [2.24, 2.45) is 0 Å². The molecule has 7 heteroatoms. The molecule has 1 aliphatic rings. The average Bonchev–Trinajstić information content (AvgIpc) is 3.29. The van der Waals surface area contributed by atoms with Crippen molar-refractivity contribution < 1.29 is 14.0 Å². The summed E-state index contributed by atoms with van der Waals surface area (Å²) in [5.74, 6) is -0.739. The van der Waals surface area contributed by atoms with Gasteiger partial charge in [-0.05, 0) is 56.5 Å². The molecule has 0 radical (unpaired) electrons. The van der Waals surface area contributed by atoms with E-state index in [0.717, 1.165) is 18.4 Å². The van der Waals surface area contributed by atoms with Gasteiger partial charge in [0.15, 0.2) is 0 Å². The lowest BCUT2D eigenvalue weighted by molar-refractivity contribution is -0.137. The summed E-state index contributed by atoms with van der Waals surface area (Å²) in [5.41, 5.74) is 1.66. The van der Waals surface area contributed by atoms with Gasteiger partial charge in [0.25, 0.3) is 5.91 Å². The van der Waals surface area contributed by atoms with Gasteiger partial charge in [0.05, 0.1) is 23.6 Å². The van der Waals surface area contributed by atoms with Crippen LogP contribution in [0.2, 0.25) is 0 Å². The molecule has 1 fully saturated rings. The topological polar surface area (TPSA) is 75.2 Å². The zero-order valence-corrected chi connectivity index (χ0v) is 18.8. The van der Waals surface area contributed by atoms with Crippen LogP contribution in [0.1, 0.15) is 60.0 Å². The number of hydrogen-bond donors (Lipinski definition) is 1. The molecule has 3 aromatic rings. The highest BCUT2D eigenvalue weighted by Crippen LogP contribution is 2.32. The third-order valence-corrected chi connectivity index (χ3v) is 5.83. The van der Waals surface area contributed by atoms with E-state index in [-0.39, 0.29) is 23.7 Å². The van der Waals surface area contributed by atoms with Crippen LogP contribution in [0.5, 0.6) is 0 Å². The molecule has 1 aromatic heterocycles. The third-order valence-electron chi connectivity index (χ3n) is 5.83. The highest BCUT2D eigenvalue weighted by Gasteiger charge is 2.40. The number of rotatable bonds is 6. The van der Waals surface area contributed by atoms with Crippen molar-refractivity contribution in [3.05, 3.63) is 95.3 Å². The summed E-state index contributed by atoms with van der Waals surface area (Å²) in [6, 6.07) is 15.0. The highest BCUT2D eigenvalue weighted by molar-refractivity contribution is 5.99. The first kappa shape index (κ1) is 22.6. The second kappa shape index (κ2) is 9.48. The van der Waals surface area contributed by atoms with E-state index in [4.69, 9.17) is 4.98 Å². The van der Waals surface area contributed by atoms with Crippen LogP contribution in [0.3, 0.4) is 0 Å². The fourth-order valence-electron chi connectivity index (χ4n) is 4.20. The maximum absolute atomic E-state index is 13.5. The maximum Gasteiger partial charge on any atom is 0.252 e. The number of carbonyl (C=O) groups is 2. The summed E-state index contributed by atoms with van der Waals surface area (Å²) in [6.07, 6.45) is 5.42. The molecule has 2 heterocycles. The second-order valence-electron chi connectivity index (χ2n) is 8.84. The Kier molecular flexibility index (Phi) is 6.49. The lowest BCUT2D eigenvalue weighted by atomic mass is 10.0. The summed E-state index contributed by atoms with van der Waals surface area (Å²) < 4.78 is 13.5. The third kappa shape index (κ3) is 5.25. The fraction of sp³-hybridized carbons (Fsp3) is 0.308. The molecule has 1 aliphatic heterocycles. The molecule has 0 spiro atoms. The van der Waals surface area contributed by atoms with E-state index in [1.54, 1.807) is 61.5 Å². The van der Waals surface area contributed by atoms with Crippen molar-refractivity contribution in [1.82, 2.24) is 20.2 Å². The highest BCUT2D eigenvalue weighted by atomic mass is 19.1. The van der Waals surface area contributed by atoms with Gasteiger partial charge in [-0.1, -0.05) is 30.3 Å². The van der Waals surface area contributed by atoms with E-state index in [2.05, 4.69) is 10.3 Å². The average molecular weight is 447 g/mol. The number of benzene rings is 2. The lowest BCUT2D eigenvalue weighted by Gasteiger charge is -2.33. The fourth-order valence-corrected chi connectivity index (χ4v) is 4.20. The predicted molar refractivity (Wildman–Crippen MR) is 123 cm³/mol. The van der Waals surface area contributed by atoms with Crippen LogP contribution in [-0.2, 0) is 11.2 Å².